The van der Waals surface area contributed by atoms with Gasteiger partial charge in [-0.2, -0.15) is 0 Å². The maximum absolute atomic E-state index is 10.6. The molecule has 1 N–H and O–H groups in total. The molecular formula is C15H15NO5. The zero-order valence-corrected chi connectivity index (χ0v) is 11.7. The largest absolute Gasteiger partial charge is 0.497 e. The Labute approximate surface area is 121 Å². The first-order valence-corrected chi connectivity index (χ1v) is 6.22. The van der Waals surface area contributed by atoms with Gasteiger partial charge in [0.05, 0.1) is 12.8 Å². The number of hydrogen-bond donors (Lipinski definition) is 1. The van der Waals surface area contributed by atoms with Gasteiger partial charge >= 0.3 is 5.97 Å². The van der Waals surface area contributed by atoms with Crippen LogP contribution < -0.4 is 9.47 Å². The highest BCUT2D eigenvalue weighted by molar-refractivity contribution is 5.86. The van der Waals surface area contributed by atoms with Crippen molar-refractivity contribution in [2.45, 2.75) is 13.5 Å². The van der Waals surface area contributed by atoms with Gasteiger partial charge in [0, 0.05) is 17.7 Å². The summed E-state index contributed by atoms with van der Waals surface area (Å²) < 4.78 is 15.8. The van der Waals surface area contributed by atoms with Gasteiger partial charge in [0.25, 0.3) is 0 Å². The van der Waals surface area contributed by atoms with Gasteiger partial charge in [-0.3, -0.25) is 0 Å². The second-order valence-electron chi connectivity index (χ2n) is 4.30. The summed E-state index contributed by atoms with van der Waals surface area (Å²) in [6.07, 6.45) is 2.49. The number of carboxylic acid groups (broad SMARTS) is 1. The third-order valence-electron chi connectivity index (χ3n) is 2.67. The highest BCUT2D eigenvalue weighted by Crippen LogP contribution is 2.26. The molecule has 1 aromatic carbocycles. The van der Waals surface area contributed by atoms with Crippen LogP contribution in [0.2, 0.25) is 0 Å². The van der Waals surface area contributed by atoms with Crippen LogP contribution in [0.1, 0.15) is 17.0 Å². The van der Waals surface area contributed by atoms with Crippen LogP contribution in [0, 0.1) is 6.92 Å². The number of benzene rings is 1. The van der Waals surface area contributed by atoms with E-state index in [0.29, 0.717) is 22.8 Å². The molecule has 0 saturated carbocycles. The lowest BCUT2D eigenvalue weighted by atomic mass is 10.1. The first kappa shape index (κ1) is 14.6. The van der Waals surface area contributed by atoms with Crippen molar-refractivity contribution >= 4 is 12.0 Å². The Hall–Kier alpha value is -2.76. The number of carboxylic acids is 1. The highest BCUT2D eigenvalue weighted by Gasteiger charge is 2.07. The van der Waals surface area contributed by atoms with E-state index in [4.69, 9.17) is 19.1 Å². The summed E-state index contributed by atoms with van der Waals surface area (Å²) in [5, 5.41) is 12.5. The molecule has 6 nitrogen and oxygen atoms in total. The summed E-state index contributed by atoms with van der Waals surface area (Å²) in [6.45, 7) is 2.03. The van der Waals surface area contributed by atoms with Gasteiger partial charge in [-0.15, -0.1) is 0 Å². The number of carbonyl (C=O) groups is 1. The molecule has 0 radical (unpaired) electrons. The molecule has 1 heterocycles. The summed E-state index contributed by atoms with van der Waals surface area (Å²) in [4.78, 5) is 10.6. The smallest absolute Gasteiger partial charge is 0.328 e. The predicted molar refractivity (Wildman–Crippen MR) is 75.2 cm³/mol. The first-order valence-electron chi connectivity index (χ1n) is 6.22. The number of aliphatic carboxylic acids is 1. The Morgan fingerprint density at radius 2 is 2.24 bits per heavy atom. The van der Waals surface area contributed by atoms with Crippen LogP contribution in [0.3, 0.4) is 0 Å². The molecule has 0 spiro atoms. The molecule has 0 amide bonds. The standard InChI is InChI=1S/C15H15NO5/c1-10-7-13(21-16-10)9-20-14-5-4-12(19-2)8-11(14)3-6-15(17)18/h3-8H,9H2,1-2H3,(H,17,18)/b6-3+. The van der Waals surface area contributed by atoms with Gasteiger partial charge in [-0.1, -0.05) is 5.16 Å². The fraction of sp³-hybridized carbons (Fsp3) is 0.200. The zero-order valence-electron chi connectivity index (χ0n) is 11.7. The van der Waals surface area contributed by atoms with Crippen molar-refractivity contribution in [2.24, 2.45) is 0 Å². The molecule has 0 bridgehead atoms. The average Bonchev–Trinajstić information content (AvgIpc) is 2.88. The van der Waals surface area contributed by atoms with E-state index in [-0.39, 0.29) is 6.61 Å². The normalized spacial score (nSPS) is 10.8. The molecule has 1 aromatic heterocycles. The number of methoxy groups -OCH3 is 1. The van der Waals surface area contributed by atoms with E-state index in [1.165, 1.54) is 13.2 Å². The van der Waals surface area contributed by atoms with Crippen molar-refractivity contribution < 1.29 is 23.9 Å². The van der Waals surface area contributed by atoms with Gasteiger partial charge in [0.15, 0.2) is 5.76 Å². The Morgan fingerprint density at radius 3 is 2.86 bits per heavy atom. The van der Waals surface area contributed by atoms with Gasteiger partial charge in [-0.05, 0) is 31.2 Å². The molecule has 0 unspecified atom stereocenters. The van der Waals surface area contributed by atoms with Crippen LogP contribution in [-0.4, -0.2) is 23.3 Å². The van der Waals surface area contributed by atoms with E-state index >= 15 is 0 Å². The second-order valence-corrected chi connectivity index (χ2v) is 4.30. The summed E-state index contributed by atoms with van der Waals surface area (Å²) >= 11 is 0. The number of aromatic nitrogens is 1. The number of ether oxygens (including phenoxy) is 2. The minimum atomic E-state index is -1.03. The van der Waals surface area contributed by atoms with Crippen LogP contribution in [0.15, 0.2) is 34.9 Å². The van der Waals surface area contributed by atoms with Crippen LogP contribution >= 0.6 is 0 Å². The first-order chi connectivity index (χ1) is 10.1. The van der Waals surface area contributed by atoms with Crippen LogP contribution in [0.25, 0.3) is 6.08 Å². The van der Waals surface area contributed by atoms with Crippen LogP contribution in [-0.2, 0) is 11.4 Å². The molecule has 0 aliphatic carbocycles. The lowest BCUT2D eigenvalue weighted by Gasteiger charge is -2.09. The van der Waals surface area contributed by atoms with E-state index in [0.717, 1.165) is 11.8 Å². The number of aryl methyl sites for hydroxylation is 1. The minimum Gasteiger partial charge on any atom is -0.497 e. The van der Waals surface area contributed by atoms with Crippen LogP contribution in [0.4, 0.5) is 0 Å². The minimum absolute atomic E-state index is 0.209. The third-order valence-corrected chi connectivity index (χ3v) is 2.67. The molecule has 2 rings (SSSR count). The zero-order chi connectivity index (χ0) is 15.2. The molecule has 110 valence electrons. The third kappa shape index (κ3) is 4.10. The molecule has 21 heavy (non-hydrogen) atoms. The highest BCUT2D eigenvalue weighted by atomic mass is 16.5. The Balaban J connectivity index is 2.18. The maximum atomic E-state index is 10.6. The molecule has 6 heteroatoms. The maximum Gasteiger partial charge on any atom is 0.328 e. The molecule has 0 aliphatic heterocycles. The van der Waals surface area contributed by atoms with E-state index < -0.39 is 5.97 Å². The van der Waals surface area contributed by atoms with Crippen molar-refractivity contribution in [3.8, 4) is 11.5 Å². The van der Waals surface area contributed by atoms with Crippen molar-refractivity contribution in [3.05, 3.63) is 47.4 Å². The summed E-state index contributed by atoms with van der Waals surface area (Å²) in [6, 6.07) is 6.92. The van der Waals surface area contributed by atoms with Crippen LogP contribution in [0.5, 0.6) is 11.5 Å². The molecule has 0 atom stereocenters. The number of nitrogens with zero attached hydrogens (tertiary/aromatic N) is 1. The molecule has 2 aromatic rings. The fourth-order valence-electron chi connectivity index (χ4n) is 1.71. The van der Waals surface area contributed by atoms with E-state index in [2.05, 4.69) is 5.16 Å². The molecular weight excluding hydrogens is 274 g/mol. The van der Waals surface area contributed by atoms with Gasteiger partial charge in [-0.25, -0.2) is 4.79 Å². The fourth-order valence-corrected chi connectivity index (χ4v) is 1.71. The van der Waals surface area contributed by atoms with Crippen molar-refractivity contribution in [2.75, 3.05) is 7.11 Å². The lowest BCUT2D eigenvalue weighted by molar-refractivity contribution is -0.131. The van der Waals surface area contributed by atoms with Crippen molar-refractivity contribution in [1.82, 2.24) is 5.16 Å². The topological polar surface area (TPSA) is 81.8 Å². The molecule has 0 aliphatic rings. The lowest BCUT2D eigenvalue weighted by Crippen LogP contribution is -1.97. The molecule has 0 saturated heterocycles. The number of rotatable bonds is 6. The van der Waals surface area contributed by atoms with Gasteiger partial charge < -0.3 is 19.1 Å². The predicted octanol–water partition coefficient (Wildman–Crippen LogP) is 2.67. The Kier molecular flexibility index (Phi) is 4.61. The Bertz CT molecular complexity index is 660. The van der Waals surface area contributed by atoms with E-state index in [9.17, 15) is 4.79 Å². The Morgan fingerprint density at radius 1 is 1.43 bits per heavy atom. The summed E-state index contributed by atoms with van der Waals surface area (Å²) in [5.41, 5.74) is 1.38. The SMILES string of the molecule is COc1ccc(OCc2cc(C)no2)c(/C=C/C(=O)O)c1. The summed E-state index contributed by atoms with van der Waals surface area (Å²) in [7, 11) is 1.54. The monoisotopic (exact) mass is 289 g/mol. The molecule has 0 fully saturated rings. The van der Waals surface area contributed by atoms with Gasteiger partial charge in [0.1, 0.15) is 18.1 Å². The van der Waals surface area contributed by atoms with E-state index in [1.54, 1.807) is 24.3 Å². The summed E-state index contributed by atoms with van der Waals surface area (Å²) in [5.74, 6) is 0.705. The van der Waals surface area contributed by atoms with E-state index in [1.807, 2.05) is 6.92 Å². The number of hydrogen-bond acceptors (Lipinski definition) is 5. The van der Waals surface area contributed by atoms with Crippen molar-refractivity contribution in [1.29, 1.82) is 0 Å². The average molecular weight is 289 g/mol. The van der Waals surface area contributed by atoms with Gasteiger partial charge in [0.2, 0.25) is 0 Å². The van der Waals surface area contributed by atoms with Crippen molar-refractivity contribution in [3.63, 3.8) is 0 Å². The second kappa shape index (κ2) is 6.60. The quantitative estimate of drug-likeness (QED) is 0.823.